The van der Waals surface area contributed by atoms with Crippen LogP contribution >= 0.6 is 0 Å². The molecule has 0 aliphatic rings. The quantitative estimate of drug-likeness (QED) is 0.678. The second kappa shape index (κ2) is 5.02. The summed E-state index contributed by atoms with van der Waals surface area (Å²) < 4.78 is 2.05. The monoisotopic (exact) mass is 260 g/mol. The van der Waals surface area contributed by atoms with Gasteiger partial charge in [0, 0.05) is 29.2 Å². The van der Waals surface area contributed by atoms with Gasteiger partial charge in [-0.05, 0) is 23.8 Å². The molecule has 1 heterocycles. The Morgan fingerprint density at radius 1 is 1.10 bits per heavy atom. The number of aldehydes is 1. The molecule has 0 fully saturated rings. The highest BCUT2D eigenvalue weighted by Gasteiger charge is 2.07. The van der Waals surface area contributed by atoms with Gasteiger partial charge < -0.3 is 4.57 Å². The molecule has 3 aromatic rings. The van der Waals surface area contributed by atoms with E-state index in [1.165, 1.54) is 0 Å². The minimum absolute atomic E-state index is 0.621. The van der Waals surface area contributed by atoms with E-state index in [1.807, 2.05) is 54.7 Å². The SMILES string of the molecule is N#Cc1ccccc1Cn1ccc2c(C=O)cccc21. The van der Waals surface area contributed by atoms with Crippen molar-refractivity contribution in [3.63, 3.8) is 0 Å². The van der Waals surface area contributed by atoms with Crippen LogP contribution in [0, 0.1) is 11.3 Å². The van der Waals surface area contributed by atoms with Gasteiger partial charge in [0.1, 0.15) is 0 Å². The number of aromatic nitrogens is 1. The normalized spacial score (nSPS) is 10.3. The maximum atomic E-state index is 11.0. The van der Waals surface area contributed by atoms with E-state index < -0.39 is 0 Å². The zero-order chi connectivity index (χ0) is 13.9. The molecule has 0 unspecified atom stereocenters. The van der Waals surface area contributed by atoms with Crippen molar-refractivity contribution in [3.05, 3.63) is 71.4 Å². The zero-order valence-corrected chi connectivity index (χ0v) is 10.8. The minimum Gasteiger partial charge on any atom is -0.343 e. The maximum Gasteiger partial charge on any atom is 0.150 e. The summed E-state index contributed by atoms with van der Waals surface area (Å²) in [6, 6.07) is 17.4. The average Bonchev–Trinajstić information content (AvgIpc) is 2.91. The summed E-state index contributed by atoms with van der Waals surface area (Å²) in [5.41, 5.74) is 3.35. The Labute approximate surface area is 116 Å². The Bertz CT molecular complexity index is 824. The molecule has 0 amide bonds. The Balaban J connectivity index is 2.08. The van der Waals surface area contributed by atoms with Gasteiger partial charge in [-0.3, -0.25) is 4.79 Å². The topological polar surface area (TPSA) is 45.8 Å². The summed E-state index contributed by atoms with van der Waals surface area (Å²) in [4.78, 5) is 11.0. The number of carbonyl (C=O) groups is 1. The van der Waals surface area contributed by atoms with Crippen molar-refractivity contribution < 1.29 is 4.79 Å². The van der Waals surface area contributed by atoms with E-state index in [-0.39, 0.29) is 0 Å². The number of nitriles is 1. The summed E-state index contributed by atoms with van der Waals surface area (Å²) in [5.74, 6) is 0. The van der Waals surface area contributed by atoms with E-state index >= 15 is 0 Å². The fraction of sp³-hybridized carbons (Fsp3) is 0.0588. The Morgan fingerprint density at radius 3 is 2.75 bits per heavy atom. The number of carbonyl (C=O) groups excluding carboxylic acids is 1. The third kappa shape index (κ3) is 1.98. The smallest absolute Gasteiger partial charge is 0.150 e. The lowest BCUT2D eigenvalue weighted by Crippen LogP contribution is -2.00. The van der Waals surface area contributed by atoms with Crippen molar-refractivity contribution in [1.29, 1.82) is 5.26 Å². The summed E-state index contributed by atoms with van der Waals surface area (Å²) in [6.45, 7) is 0.621. The fourth-order valence-corrected chi connectivity index (χ4v) is 2.44. The van der Waals surface area contributed by atoms with Crippen LogP contribution in [-0.2, 0) is 6.54 Å². The molecule has 1 aromatic heterocycles. The van der Waals surface area contributed by atoms with Crippen molar-refractivity contribution >= 4 is 17.2 Å². The molecule has 3 rings (SSSR count). The Hall–Kier alpha value is -2.86. The van der Waals surface area contributed by atoms with E-state index in [4.69, 9.17) is 5.26 Å². The first-order chi connectivity index (χ1) is 9.83. The van der Waals surface area contributed by atoms with Gasteiger partial charge in [-0.2, -0.15) is 5.26 Å². The van der Waals surface area contributed by atoms with Crippen molar-refractivity contribution in [2.45, 2.75) is 6.54 Å². The van der Waals surface area contributed by atoms with Crippen LogP contribution in [0.2, 0.25) is 0 Å². The van der Waals surface area contributed by atoms with Gasteiger partial charge in [-0.15, -0.1) is 0 Å². The molecule has 96 valence electrons. The first-order valence-corrected chi connectivity index (χ1v) is 6.34. The second-order valence-corrected chi connectivity index (χ2v) is 4.61. The highest BCUT2D eigenvalue weighted by molar-refractivity contribution is 5.97. The maximum absolute atomic E-state index is 11.0. The molecule has 3 heteroatoms. The van der Waals surface area contributed by atoms with Gasteiger partial charge in [-0.25, -0.2) is 0 Å². The predicted octanol–water partition coefficient (Wildman–Crippen LogP) is 3.37. The molecule has 2 aromatic carbocycles. The predicted molar refractivity (Wildman–Crippen MR) is 77.6 cm³/mol. The molecule has 20 heavy (non-hydrogen) atoms. The summed E-state index contributed by atoms with van der Waals surface area (Å²) in [7, 11) is 0. The van der Waals surface area contributed by atoms with Crippen molar-refractivity contribution in [1.82, 2.24) is 4.57 Å². The van der Waals surface area contributed by atoms with Gasteiger partial charge in [-0.1, -0.05) is 30.3 Å². The standard InChI is InChI=1S/C17H12N2O/c18-10-13-4-1-2-5-14(13)11-19-9-8-16-15(12-20)6-3-7-17(16)19/h1-9,12H,11H2. The van der Waals surface area contributed by atoms with Gasteiger partial charge in [0.05, 0.1) is 11.6 Å². The van der Waals surface area contributed by atoms with E-state index in [0.717, 1.165) is 22.8 Å². The van der Waals surface area contributed by atoms with E-state index in [0.29, 0.717) is 17.7 Å². The Kier molecular flexibility index (Phi) is 3.06. The summed E-state index contributed by atoms with van der Waals surface area (Å²) in [5, 5.41) is 10.1. The number of benzene rings is 2. The molecule has 0 saturated carbocycles. The lowest BCUT2D eigenvalue weighted by atomic mass is 10.1. The molecule has 0 N–H and O–H groups in total. The molecular formula is C17H12N2O. The van der Waals surface area contributed by atoms with Crippen molar-refractivity contribution in [2.75, 3.05) is 0 Å². The third-order valence-corrected chi connectivity index (χ3v) is 3.45. The average molecular weight is 260 g/mol. The van der Waals surface area contributed by atoms with Crippen LogP contribution < -0.4 is 0 Å². The van der Waals surface area contributed by atoms with Gasteiger partial charge in [0.25, 0.3) is 0 Å². The van der Waals surface area contributed by atoms with Crippen LogP contribution in [0.15, 0.2) is 54.7 Å². The molecule has 0 spiro atoms. The molecule has 0 radical (unpaired) electrons. The highest BCUT2D eigenvalue weighted by atomic mass is 16.1. The largest absolute Gasteiger partial charge is 0.343 e. The van der Waals surface area contributed by atoms with Gasteiger partial charge >= 0.3 is 0 Å². The van der Waals surface area contributed by atoms with E-state index in [2.05, 4.69) is 10.6 Å². The van der Waals surface area contributed by atoms with Crippen molar-refractivity contribution in [2.24, 2.45) is 0 Å². The lowest BCUT2D eigenvalue weighted by Gasteiger charge is -2.07. The molecule has 0 bridgehead atoms. The van der Waals surface area contributed by atoms with Crippen LogP contribution in [0.1, 0.15) is 21.5 Å². The minimum atomic E-state index is 0.621. The third-order valence-electron chi connectivity index (χ3n) is 3.45. The molecule has 0 aliphatic carbocycles. The van der Waals surface area contributed by atoms with Crippen LogP contribution in [0.25, 0.3) is 10.9 Å². The molecule has 0 aliphatic heterocycles. The first-order valence-electron chi connectivity index (χ1n) is 6.34. The van der Waals surface area contributed by atoms with Gasteiger partial charge in [0.2, 0.25) is 0 Å². The van der Waals surface area contributed by atoms with Crippen LogP contribution in [0.5, 0.6) is 0 Å². The molecule has 0 saturated heterocycles. The van der Waals surface area contributed by atoms with Crippen LogP contribution in [-0.4, -0.2) is 10.9 Å². The molecule has 3 nitrogen and oxygen atoms in total. The lowest BCUT2D eigenvalue weighted by molar-refractivity contribution is 0.112. The number of fused-ring (bicyclic) bond motifs is 1. The summed E-state index contributed by atoms with van der Waals surface area (Å²) in [6.07, 6.45) is 2.82. The first kappa shape index (κ1) is 12.2. The fourth-order valence-electron chi connectivity index (χ4n) is 2.44. The number of rotatable bonds is 3. The number of nitrogens with zero attached hydrogens (tertiary/aromatic N) is 2. The van der Waals surface area contributed by atoms with Crippen LogP contribution in [0.4, 0.5) is 0 Å². The van der Waals surface area contributed by atoms with E-state index in [9.17, 15) is 4.79 Å². The van der Waals surface area contributed by atoms with Gasteiger partial charge in [0.15, 0.2) is 6.29 Å². The number of hydrogen-bond acceptors (Lipinski definition) is 2. The summed E-state index contributed by atoms with van der Waals surface area (Å²) >= 11 is 0. The number of hydrogen-bond donors (Lipinski definition) is 0. The Morgan fingerprint density at radius 2 is 1.95 bits per heavy atom. The molecular weight excluding hydrogens is 248 g/mol. The zero-order valence-electron chi connectivity index (χ0n) is 10.8. The van der Waals surface area contributed by atoms with Crippen molar-refractivity contribution in [3.8, 4) is 6.07 Å². The highest BCUT2D eigenvalue weighted by Crippen LogP contribution is 2.21. The second-order valence-electron chi connectivity index (χ2n) is 4.61. The van der Waals surface area contributed by atoms with Crippen LogP contribution in [0.3, 0.4) is 0 Å². The van der Waals surface area contributed by atoms with E-state index in [1.54, 1.807) is 0 Å². The molecule has 0 atom stereocenters.